The molecule has 1 heterocycles. The second-order valence-corrected chi connectivity index (χ2v) is 3.96. The van der Waals surface area contributed by atoms with Gasteiger partial charge in [0, 0.05) is 0 Å². The van der Waals surface area contributed by atoms with Crippen molar-refractivity contribution in [3.63, 3.8) is 0 Å². The summed E-state index contributed by atoms with van der Waals surface area (Å²) in [5.41, 5.74) is 1.83. The van der Waals surface area contributed by atoms with Crippen molar-refractivity contribution >= 4 is 6.29 Å². The van der Waals surface area contributed by atoms with E-state index < -0.39 is 0 Å². The molecule has 0 atom stereocenters. The molecule has 6 heteroatoms. The molecule has 1 aromatic heterocycles. The van der Waals surface area contributed by atoms with Gasteiger partial charge in [-0.05, 0) is 19.1 Å². The largest absolute Gasteiger partial charge is 0.487 e. The molecule has 0 bridgehead atoms. The highest BCUT2D eigenvalue weighted by atomic mass is 16.5. The van der Waals surface area contributed by atoms with E-state index in [9.17, 15) is 4.79 Å². The summed E-state index contributed by atoms with van der Waals surface area (Å²) < 4.78 is 6.92. The van der Waals surface area contributed by atoms with E-state index in [4.69, 9.17) is 10.00 Å². The predicted octanol–water partition coefficient (Wildman–Crippen LogP) is 1.50. The summed E-state index contributed by atoms with van der Waals surface area (Å²) >= 11 is 0. The molecule has 0 radical (unpaired) electrons. The zero-order valence-electron chi connectivity index (χ0n) is 10.4. The third-order valence-corrected chi connectivity index (χ3v) is 2.60. The van der Waals surface area contributed by atoms with E-state index in [0.717, 1.165) is 5.56 Å². The van der Waals surface area contributed by atoms with Crippen molar-refractivity contribution in [2.24, 2.45) is 0 Å². The fourth-order valence-electron chi connectivity index (χ4n) is 1.57. The van der Waals surface area contributed by atoms with Gasteiger partial charge in [-0.2, -0.15) is 5.26 Å². The van der Waals surface area contributed by atoms with Crippen LogP contribution in [0, 0.1) is 18.3 Å². The predicted molar refractivity (Wildman–Crippen MR) is 66.5 cm³/mol. The van der Waals surface area contributed by atoms with Crippen LogP contribution in [0.15, 0.2) is 24.3 Å². The number of carbonyl (C=O) groups is 1. The number of hydrogen-bond acceptors (Lipinski definition) is 5. The van der Waals surface area contributed by atoms with Gasteiger partial charge in [0.1, 0.15) is 24.6 Å². The number of hydrogen-bond donors (Lipinski definition) is 0. The second kappa shape index (κ2) is 5.78. The van der Waals surface area contributed by atoms with Crippen LogP contribution < -0.4 is 4.74 Å². The van der Waals surface area contributed by atoms with Gasteiger partial charge < -0.3 is 4.74 Å². The van der Waals surface area contributed by atoms with Gasteiger partial charge in [0.2, 0.25) is 0 Å². The Bertz CT molecular complexity index is 611. The minimum absolute atomic E-state index is 0.0351. The first-order valence-corrected chi connectivity index (χ1v) is 5.68. The van der Waals surface area contributed by atoms with Crippen LogP contribution in [0.5, 0.6) is 5.75 Å². The summed E-state index contributed by atoms with van der Waals surface area (Å²) in [5, 5.41) is 16.1. The summed E-state index contributed by atoms with van der Waals surface area (Å²) in [6.07, 6.45) is 0.606. The maximum Gasteiger partial charge on any atom is 0.172 e. The Hall–Kier alpha value is -2.68. The van der Waals surface area contributed by atoms with Crippen LogP contribution in [0.2, 0.25) is 0 Å². The Morgan fingerprint density at radius 1 is 1.42 bits per heavy atom. The molecule has 0 saturated heterocycles. The Morgan fingerprint density at radius 2 is 2.16 bits per heavy atom. The molecule has 0 saturated carbocycles. The third-order valence-electron chi connectivity index (χ3n) is 2.60. The fraction of sp³-hybridized carbons (Fsp3) is 0.231. The van der Waals surface area contributed by atoms with Crippen molar-refractivity contribution in [3.8, 4) is 11.8 Å². The highest BCUT2D eigenvalue weighted by Gasteiger charge is 2.12. The van der Waals surface area contributed by atoms with Crippen LogP contribution in [0.4, 0.5) is 0 Å². The van der Waals surface area contributed by atoms with Gasteiger partial charge >= 0.3 is 0 Å². The molecule has 0 spiro atoms. The summed E-state index contributed by atoms with van der Waals surface area (Å²) in [7, 11) is 0. The maximum absolute atomic E-state index is 10.8. The van der Waals surface area contributed by atoms with Crippen LogP contribution in [0.1, 0.15) is 21.7 Å². The molecule has 2 rings (SSSR count). The van der Waals surface area contributed by atoms with Gasteiger partial charge in [-0.25, -0.2) is 4.68 Å². The molecule has 19 heavy (non-hydrogen) atoms. The highest BCUT2D eigenvalue weighted by molar-refractivity contribution is 5.73. The minimum atomic E-state index is 0.0351. The first-order chi connectivity index (χ1) is 9.24. The van der Waals surface area contributed by atoms with Crippen LogP contribution in [0.3, 0.4) is 0 Å². The minimum Gasteiger partial charge on any atom is -0.487 e. The lowest BCUT2D eigenvalue weighted by Crippen LogP contribution is -2.08. The molecule has 0 N–H and O–H groups in total. The van der Waals surface area contributed by atoms with Crippen LogP contribution in [0.25, 0.3) is 0 Å². The lowest BCUT2D eigenvalue weighted by Gasteiger charge is -2.07. The zero-order valence-corrected chi connectivity index (χ0v) is 10.4. The van der Waals surface area contributed by atoms with Gasteiger partial charge in [-0.15, -0.1) is 5.10 Å². The van der Waals surface area contributed by atoms with Crippen molar-refractivity contribution in [3.05, 3.63) is 41.2 Å². The molecule has 0 aliphatic rings. The molecule has 6 nitrogen and oxygen atoms in total. The molecule has 0 fully saturated rings. The van der Waals surface area contributed by atoms with E-state index >= 15 is 0 Å². The van der Waals surface area contributed by atoms with Gasteiger partial charge in [-0.3, -0.25) is 4.79 Å². The van der Waals surface area contributed by atoms with Crippen LogP contribution in [-0.2, 0) is 13.2 Å². The van der Waals surface area contributed by atoms with E-state index in [2.05, 4.69) is 10.3 Å². The Kier molecular flexibility index (Phi) is 3.88. The van der Waals surface area contributed by atoms with Gasteiger partial charge in [-0.1, -0.05) is 22.9 Å². The van der Waals surface area contributed by atoms with Crippen molar-refractivity contribution in [2.75, 3.05) is 0 Å². The summed E-state index contributed by atoms with van der Waals surface area (Å²) in [6.45, 7) is 2.17. The molecular weight excluding hydrogens is 244 g/mol. The number of carbonyl (C=O) groups excluding carboxylic acids is 1. The van der Waals surface area contributed by atoms with E-state index in [0.29, 0.717) is 17.7 Å². The molecule has 1 aromatic carbocycles. The SMILES string of the molecule is Cc1ccc(OCc2c(C=O)nnn2CC#N)cc1. The number of aryl methyl sites for hydroxylation is 1. The van der Waals surface area contributed by atoms with Crippen LogP contribution in [-0.4, -0.2) is 21.3 Å². The number of ether oxygens (including phenoxy) is 1. The van der Waals surface area contributed by atoms with Gasteiger partial charge in [0.25, 0.3) is 0 Å². The summed E-state index contributed by atoms with van der Waals surface area (Å²) in [4.78, 5) is 10.8. The first-order valence-electron chi connectivity index (χ1n) is 5.68. The lowest BCUT2D eigenvalue weighted by atomic mass is 10.2. The lowest BCUT2D eigenvalue weighted by molar-refractivity contribution is 0.111. The van der Waals surface area contributed by atoms with Crippen molar-refractivity contribution < 1.29 is 9.53 Å². The first kappa shape index (κ1) is 12.8. The number of aromatic nitrogens is 3. The summed E-state index contributed by atoms with van der Waals surface area (Å²) in [6, 6.07) is 9.50. The Balaban J connectivity index is 2.14. The van der Waals surface area contributed by atoms with Crippen molar-refractivity contribution in [1.82, 2.24) is 15.0 Å². The number of benzene rings is 1. The quantitative estimate of drug-likeness (QED) is 0.757. The topological polar surface area (TPSA) is 80.8 Å². The monoisotopic (exact) mass is 256 g/mol. The molecule has 0 aliphatic carbocycles. The average Bonchev–Trinajstić information content (AvgIpc) is 2.81. The smallest absolute Gasteiger partial charge is 0.172 e. The molecule has 0 amide bonds. The van der Waals surface area contributed by atoms with E-state index in [1.807, 2.05) is 37.3 Å². The maximum atomic E-state index is 10.8. The average molecular weight is 256 g/mol. The number of aldehydes is 1. The molecule has 2 aromatic rings. The Morgan fingerprint density at radius 3 is 2.79 bits per heavy atom. The number of nitrogens with zero attached hydrogens (tertiary/aromatic N) is 4. The fourth-order valence-corrected chi connectivity index (χ4v) is 1.57. The number of rotatable bonds is 5. The van der Waals surface area contributed by atoms with E-state index in [1.54, 1.807) is 0 Å². The van der Waals surface area contributed by atoms with Gasteiger partial charge in [0.05, 0.1) is 6.07 Å². The highest BCUT2D eigenvalue weighted by Crippen LogP contribution is 2.14. The zero-order chi connectivity index (χ0) is 13.7. The van der Waals surface area contributed by atoms with Crippen molar-refractivity contribution in [1.29, 1.82) is 5.26 Å². The third kappa shape index (κ3) is 2.96. The summed E-state index contributed by atoms with van der Waals surface area (Å²) in [5.74, 6) is 0.687. The molecule has 96 valence electrons. The second-order valence-electron chi connectivity index (χ2n) is 3.96. The molecule has 0 aliphatic heterocycles. The number of nitriles is 1. The van der Waals surface area contributed by atoms with Crippen LogP contribution >= 0.6 is 0 Å². The molecule has 0 unspecified atom stereocenters. The van der Waals surface area contributed by atoms with E-state index in [1.165, 1.54) is 4.68 Å². The Labute approximate surface area is 110 Å². The normalized spacial score (nSPS) is 9.89. The van der Waals surface area contributed by atoms with Crippen molar-refractivity contribution in [2.45, 2.75) is 20.1 Å². The van der Waals surface area contributed by atoms with E-state index in [-0.39, 0.29) is 18.8 Å². The standard InChI is InChI=1S/C13H12N4O2/c1-10-2-4-11(5-3-10)19-9-13-12(8-18)15-16-17(13)7-6-14/h2-5,8H,7,9H2,1H3. The molecular formula is C13H12N4O2. The van der Waals surface area contributed by atoms with Gasteiger partial charge in [0.15, 0.2) is 12.0 Å².